The van der Waals surface area contributed by atoms with Crippen molar-refractivity contribution in [3.05, 3.63) is 247 Å². The van der Waals surface area contributed by atoms with Gasteiger partial charge in [0.15, 0.2) is 17.5 Å². The van der Waals surface area contributed by atoms with E-state index in [0.717, 1.165) is 56.0 Å². The first-order chi connectivity index (χ1) is 31.7. The highest BCUT2D eigenvalue weighted by Crippen LogP contribution is 2.63. The Hall–Kier alpha value is -8.54. The van der Waals surface area contributed by atoms with Crippen LogP contribution >= 0.6 is 0 Å². The molecule has 0 aliphatic heterocycles. The van der Waals surface area contributed by atoms with Gasteiger partial charge >= 0.3 is 0 Å². The minimum absolute atomic E-state index is 0.431. The quantitative estimate of drug-likeness (QED) is 0.168. The van der Waals surface area contributed by atoms with Gasteiger partial charge in [0, 0.05) is 34.0 Å². The molecular weight excluding hydrogens is 779 g/mol. The summed E-state index contributed by atoms with van der Waals surface area (Å²) >= 11 is 0. The summed E-state index contributed by atoms with van der Waals surface area (Å²) in [6.07, 6.45) is 2.13. The van der Waals surface area contributed by atoms with E-state index >= 15 is 0 Å². The second kappa shape index (κ2) is 14.3. The number of hydrogen-bond donors (Lipinski definition) is 0. The highest BCUT2D eigenvalue weighted by atomic mass is 15.0. The van der Waals surface area contributed by atoms with Gasteiger partial charge in [-0.2, -0.15) is 0 Å². The van der Waals surface area contributed by atoms with Gasteiger partial charge in [-0.3, -0.25) is 4.40 Å². The van der Waals surface area contributed by atoms with Gasteiger partial charge in [0.2, 0.25) is 0 Å². The number of nitrogens with zero attached hydrogens (tertiary/aromatic N) is 5. The Morgan fingerprint density at radius 3 is 1.38 bits per heavy atom. The van der Waals surface area contributed by atoms with Crippen molar-refractivity contribution in [3.8, 4) is 90.1 Å². The number of aromatic nitrogens is 5. The standard InChI is InChI=1S/C59H37N5/c1-3-16-40(17-4-1)56-61-57(41-18-5-2-6-19-41)63-58(62-56)44-21-15-20-42(36-44)38-29-31-39(32-30-38)54-55(64-35-14-13-28-53(64)60-54)43-33-34-48-47-24-9-12-27-51(47)59(52(48)37-43)49-25-10-7-22-45(49)46-23-8-11-26-50(46)59/h1-37H. The zero-order valence-electron chi connectivity index (χ0n) is 34.6. The Bertz CT molecular complexity index is 3490. The molecule has 3 heterocycles. The predicted molar refractivity (Wildman–Crippen MR) is 257 cm³/mol. The van der Waals surface area contributed by atoms with Crippen LogP contribution in [0.25, 0.3) is 95.7 Å². The van der Waals surface area contributed by atoms with Crippen molar-refractivity contribution in [1.29, 1.82) is 0 Å². The molecular formula is C59H37N5. The van der Waals surface area contributed by atoms with Crippen LogP contribution in [0.5, 0.6) is 0 Å². The summed E-state index contributed by atoms with van der Waals surface area (Å²) in [5.41, 5.74) is 20.1. The molecule has 5 heteroatoms. The normalized spacial score (nSPS) is 12.8. The van der Waals surface area contributed by atoms with E-state index in [1.54, 1.807) is 0 Å². The van der Waals surface area contributed by atoms with Crippen LogP contribution in [0.3, 0.4) is 0 Å². The van der Waals surface area contributed by atoms with Crippen LogP contribution in [0, 0.1) is 0 Å². The van der Waals surface area contributed by atoms with Crippen LogP contribution < -0.4 is 0 Å². The van der Waals surface area contributed by atoms with E-state index in [0.29, 0.717) is 17.5 Å². The summed E-state index contributed by atoms with van der Waals surface area (Å²) in [5, 5.41) is 0. The first-order valence-electron chi connectivity index (χ1n) is 21.7. The van der Waals surface area contributed by atoms with Crippen molar-refractivity contribution in [2.75, 3.05) is 0 Å². The fraction of sp³-hybridized carbons (Fsp3) is 0.0169. The van der Waals surface area contributed by atoms with E-state index in [-0.39, 0.29) is 0 Å². The average Bonchev–Trinajstić information content (AvgIpc) is 4.01. The van der Waals surface area contributed by atoms with E-state index in [9.17, 15) is 0 Å². The SMILES string of the molecule is c1ccc(-c2nc(-c3ccccc3)nc(-c3cccc(-c4ccc(-c5nc6ccccn6c5-c5ccc6c(c5)C5(c7ccccc7-c7ccccc75)c5ccccc5-6)cc4)c3)n2)cc1. The van der Waals surface area contributed by atoms with Crippen LogP contribution in [0.15, 0.2) is 225 Å². The van der Waals surface area contributed by atoms with E-state index in [4.69, 9.17) is 19.9 Å². The van der Waals surface area contributed by atoms with Crippen LogP contribution in [-0.2, 0) is 5.41 Å². The number of benzene rings is 8. The Labute approximate surface area is 370 Å². The van der Waals surface area contributed by atoms with Gasteiger partial charge in [0.1, 0.15) is 5.65 Å². The minimum Gasteiger partial charge on any atom is -0.299 e. The molecule has 2 aliphatic carbocycles. The summed E-state index contributed by atoms with van der Waals surface area (Å²) < 4.78 is 2.24. The fourth-order valence-electron chi connectivity index (χ4n) is 10.3. The number of imidazole rings is 1. The van der Waals surface area contributed by atoms with E-state index in [1.807, 2.05) is 60.7 Å². The first kappa shape index (κ1) is 36.1. The van der Waals surface area contributed by atoms with E-state index < -0.39 is 5.41 Å². The van der Waals surface area contributed by atoms with E-state index in [2.05, 4.69) is 168 Å². The highest BCUT2D eigenvalue weighted by Gasteiger charge is 2.51. The molecule has 0 N–H and O–H groups in total. The second-order valence-corrected chi connectivity index (χ2v) is 16.6. The molecule has 0 saturated heterocycles. The summed E-state index contributed by atoms with van der Waals surface area (Å²) in [7, 11) is 0. The number of rotatable bonds is 6. The van der Waals surface area contributed by atoms with Gasteiger partial charge in [-0.25, -0.2) is 19.9 Å². The minimum atomic E-state index is -0.431. The predicted octanol–water partition coefficient (Wildman–Crippen LogP) is 13.9. The lowest BCUT2D eigenvalue weighted by Crippen LogP contribution is -2.25. The summed E-state index contributed by atoms with van der Waals surface area (Å²) in [4.78, 5) is 20.2. The van der Waals surface area contributed by atoms with Crippen molar-refractivity contribution < 1.29 is 0 Å². The maximum atomic E-state index is 5.32. The maximum Gasteiger partial charge on any atom is 0.164 e. The Kier molecular flexibility index (Phi) is 8.06. The third kappa shape index (κ3) is 5.44. The van der Waals surface area contributed by atoms with Gasteiger partial charge in [0.05, 0.1) is 16.8 Å². The highest BCUT2D eigenvalue weighted by molar-refractivity contribution is 5.96. The molecule has 5 nitrogen and oxygen atoms in total. The van der Waals surface area contributed by atoms with Gasteiger partial charge in [0.25, 0.3) is 0 Å². The number of pyridine rings is 1. The third-order valence-corrected chi connectivity index (χ3v) is 13.1. The molecule has 3 aromatic heterocycles. The van der Waals surface area contributed by atoms with Crippen molar-refractivity contribution in [2.24, 2.45) is 0 Å². The number of hydrogen-bond acceptors (Lipinski definition) is 4. The molecule has 13 rings (SSSR count). The van der Waals surface area contributed by atoms with Crippen LogP contribution in [0.2, 0.25) is 0 Å². The lowest BCUT2D eigenvalue weighted by molar-refractivity contribution is 0.794. The fourth-order valence-corrected chi connectivity index (χ4v) is 10.3. The molecule has 64 heavy (non-hydrogen) atoms. The van der Waals surface area contributed by atoms with Crippen molar-refractivity contribution >= 4 is 5.65 Å². The van der Waals surface area contributed by atoms with Crippen LogP contribution in [-0.4, -0.2) is 24.3 Å². The Balaban J connectivity index is 0.917. The molecule has 298 valence electrons. The molecule has 11 aromatic rings. The van der Waals surface area contributed by atoms with Gasteiger partial charge in [-0.1, -0.05) is 194 Å². The van der Waals surface area contributed by atoms with Gasteiger partial charge < -0.3 is 0 Å². The first-order valence-corrected chi connectivity index (χ1v) is 21.7. The summed E-state index contributed by atoms with van der Waals surface area (Å²) in [5.74, 6) is 1.91. The number of fused-ring (bicyclic) bond motifs is 11. The largest absolute Gasteiger partial charge is 0.299 e. The monoisotopic (exact) mass is 815 g/mol. The second-order valence-electron chi connectivity index (χ2n) is 16.6. The zero-order valence-corrected chi connectivity index (χ0v) is 34.6. The molecule has 0 bridgehead atoms. The molecule has 2 aliphatic rings. The summed E-state index contributed by atoms with van der Waals surface area (Å²) in [6.45, 7) is 0. The summed E-state index contributed by atoms with van der Waals surface area (Å²) in [6, 6.07) is 77.7. The van der Waals surface area contributed by atoms with Crippen molar-refractivity contribution in [3.63, 3.8) is 0 Å². The average molecular weight is 816 g/mol. The Morgan fingerprint density at radius 2 is 0.766 bits per heavy atom. The lowest BCUT2D eigenvalue weighted by Gasteiger charge is -2.30. The van der Waals surface area contributed by atoms with Gasteiger partial charge in [-0.15, -0.1) is 0 Å². The van der Waals surface area contributed by atoms with Crippen molar-refractivity contribution in [2.45, 2.75) is 5.41 Å². The van der Waals surface area contributed by atoms with Gasteiger partial charge in [-0.05, 0) is 79.9 Å². The third-order valence-electron chi connectivity index (χ3n) is 13.1. The lowest BCUT2D eigenvalue weighted by atomic mass is 9.70. The molecule has 0 unspecified atom stereocenters. The molecule has 8 aromatic carbocycles. The van der Waals surface area contributed by atoms with E-state index in [1.165, 1.54) is 44.5 Å². The molecule has 0 radical (unpaired) electrons. The zero-order chi connectivity index (χ0) is 42.2. The molecule has 0 fully saturated rings. The smallest absolute Gasteiger partial charge is 0.164 e. The molecule has 0 amide bonds. The molecule has 1 spiro atoms. The molecule has 0 saturated carbocycles. The topological polar surface area (TPSA) is 56.0 Å². The van der Waals surface area contributed by atoms with Crippen LogP contribution in [0.4, 0.5) is 0 Å². The van der Waals surface area contributed by atoms with Crippen LogP contribution in [0.1, 0.15) is 22.3 Å². The maximum absolute atomic E-state index is 5.32. The molecule has 0 atom stereocenters. The Morgan fingerprint density at radius 1 is 0.297 bits per heavy atom. The van der Waals surface area contributed by atoms with Crippen molar-refractivity contribution in [1.82, 2.24) is 24.3 Å².